The number of aryl methyl sites for hydroxylation is 1. The Kier molecular flexibility index (Phi) is 4.06. The van der Waals surface area contributed by atoms with E-state index in [1.165, 1.54) is 0 Å². The van der Waals surface area contributed by atoms with Crippen LogP contribution in [-0.4, -0.2) is 20.6 Å². The van der Waals surface area contributed by atoms with Gasteiger partial charge in [-0.15, -0.1) is 11.3 Å². The van der Waals surface area contributed by atoms with Crippen molar-refractivity contribution in [3.63, 3.8) is 0 Å². The molecule has 0 saturated carbocycles. The van der Waals surface area contributed by atoms with E-state index in [1.807, 2.05) is 36.2 Å². The molecular formula is C15H17N5OS. The van der Waals surface area contributed by atoms with Crippen molar-refractivity contribution in [1.29, 1.82) is 0 Å². The van der Waals surface area contributed by atoms with Crippen LogP contribution in [0.15, 0.2) is 36.2 Å². The smallest absolute Gasteiger partial charge is 0.315 e. The first-order valence-corrected chi connectivity index (χ1v) is 7.84. The zero-order valence-corrected chi connectivity index (χ0v) is 13.2. The Morgan fingerprint density at radius 2 is 2.32 bits per heavy atom. The molecular weight excluding hydrogens is 298 g/mol. The predicted molar refractivity (Wildman–Crippen MR) is 86.6 cm³/mol. The third-order valence-electron chi connectivity index (χ3n) is 3.55. The maximum absolute atomic E-state index is 12.0. The second-order valence-corrected chi connectivity index (χ2v) is 6.01. The van der Waals surface area contributed by atoms with Crippen molar-refractivity contribution in [2.45, 2.75) is 19.5 Å². The van der Waals surface area contributed by atoms with Gasteiger partial charge < -0.3 is 15.2 Å². The standard InChI is InChI=1S/C15H17N5OS/c1-10(11-3-4-13-14(5-11)22-9-18-13)19-15(21)17-7-12-6-16-8-20(12)2/h3-6,8-10H,7H2,1-2H3,(H2,17,19,21). The van der Waals surface area contributed by atoms with E-state index in [-0.39, 0.29) is 12.1 Å². The van der Waals surface area contributed by atoms with Gasteiger partial charge in [0.1, 0.15) is 0 Å². The molecule has 3 aromatic rings. The quantitative estimate of drug-likeness (QED) is 0.777. The van der Waals surface area contributed by atoms with Crippen LogP contribution in [0.4, 0.5) is 4.79 Å². The molecule has 0 spiro atoms. The van der Waals surface area contributed by atoms with E-state index in [2.05, 4.69) is 26.7 Å². The van der Waals surface area contributed by atoms with Gasteiger partial charge in [0.15, 0.2) is 0 Å². The molecule has 1 atom stereocenters. The minimum atomic E-state index is -0.196. The van der Waals surface area contributed by atoms with Gasteiger partial charge >= 0.3 is 6.03 Å². The van der Waals surface area contributed by atoms with E-state index in [4.69, 9.17) is 0 Å². The molecule has 3 rings (SSSR count). The first kappa shape index (κ1) is 14.5. The molecule has 0 aliphatic rings. The van der Waals surface area contributed by atoms with Crippen LogP contribution in [0.5, 0.6) is 0 Å². The molecule has 1 unspecified atom stereocenters. The van der Waals surface area contributed by atoms with Gasteiger partial charge in [-0.05, 0) is 24.6 Å². The number of carbonyl (C=O) groups is 1. The number of urea groups is 1. The van der Waals surface area contributed by atoms with Crippen LogP contribution in [0, 0.1) is 0 Å². The SMILES string of the molecule is CC(NC(=O)NCc1cncn1C)c1ccc2ncsc2c1. The molecule has 6 nitrogen and oxygen atoms in total. The summed E-state index contributed by atoms with van der Waals surface area (Å²) in [5, 5.41) is 5.78. The van der Waals surface area contributed by atoms with Crippen LogP contribution in [0.3, 0.4) is 0 Å². The Hall–Kier alpha value is -2.41. The van der Waals surface area contributed by atoms with Crippen LogP contribution >= 0.6 is 11.3 Å². The van der Waals surface area contributed by atoms with E-state index in [0.717, 1.165) is 21.5 Å². The number of carbonyl (C=O) groups excluding carboxylic acids is 1. The minimum Gasteiger partial charge on any atom is -0.336 e. The van der Waals surface area contributed by atoms with Crippen molar-refractivity contribution in [2.24, 2.45) is 7.05 Å². The summed E-state index contributed by atoms with van der Waals surface area (Å²) in [5.74, 6) is 0. The number of thiazole rings is 1. The number of hydrogen-bond donors (Lipinski definition) is 2. The second kappa shape index (κ2) is 6.15. The van der Waals surface area contributed by atoms with Crippen molar-refractivity contribution in [1.82, 2.24) is 25.2 Å². The average Bonchev–Trinajstić information content (AvgIpc) is 3.12. The fraction of sp³-hybridized carbons (Fsp3) is 0.267. The minimum absolute atomic E-state index is 0.0713. The lowest BCUT2D eigenvalue weighted by molar-refractivity contribution is 0.237. The fourth-order valence-electron chi connectivity index (χ4n) is 2.20. The first-order chi connectivity index (χ1) is 10.6. The van der Waals surface area contributed by atoms with Gasteiger partial charge in [0.2, 0.25) is 0 Å². The summed E-state index contributed by atoms with van der Waals surface area (Å²) >= 11 is 1.60. The highest BCUT2D eigenvalue weighted by molar-refractivity contribution is 7.16. The van der Waals surface area contributed by atoms with E-state index in [1.54, 1.807) is 23.9 Å². The van der Waals surface area contributed by atoms with Gasteiger partial charge in [-0.1, -0.05) is 6.07 Å². The van der Waals surface area contributed by atoms with E-state index in [0.29, 0.717) is 6.54 Å². The number of aromatic nitrogens is 3. The van der Waals surface area contributed by atoms with E-state index < -0.39 is 0 Å². The summed E-state index contributed by atoms with van der Waals surface area (Å²) in [7, 11) is 1.90. The van der Waals surface area contributed by atoms with Crippen molar-refractivity contribution in [3.05, 3.63) is 47.5 Å². The maximum atomic E-state index is 12.0. The van der Waals surface area contributed by atoms with Gasteiger partial charge in [-0.25, -0.2) is 14.8 Å². The third kappa shape index (κ3) is 3.09. The highest BCUT2D eigenvalue weighted by atomic mass is 32.1. The van der Waals surface area contributed by atoms with Gasteiger partial charge in [0.05, 0.1) is 40.3 Å². The third-order valence-corrected chi connectivity index (χ3v) is 4.34. The van der Waals surface area contributed by atoms with Crippen LogP contribution in [0.1, 0.15) is 24.2 Å². The largest absolute Gasteiger partial charge is 0.336 e. The topological polar surface area (TPSA) is 71.8 Å². The van der Waals surface area contributed by atoms with Gasteiger partial charge in [0, 0.05) is 13.2 Å². The molecule has 0 aliphatic carbocycles. The number of nitrogens with zero attached hydrogens (tertiary/aromatic N) is 3. The van der Waals surface area contributed by atoms with Crippen molar-refractivity contribution in [3.8, 4) is 0 Å². The zero-order chi connectivity index (χ0) is 15.5. The Morgan fingerprint density at radius 3 is 3.09 bits per heavy atom. The number of fused-ring (bicyclic) bond motifs is 1. The number of benzene rings is 1. The summed E-state index contributed by atoms with van der Waals surface area (Å²) in [5.41, 5.74) is 4.83. The Morgan fingerprint density at radius 1 is 1.45 bits per heavy atom. The number of rotatable bonds is 4. The number of imidazole rings is 1. The molecule has 22 heavy (non-hydrogen) atoms. The van der Waals surface area contributed by atoms with E-state index in [9.17, 15) is 4.79 Å². The predicted octanol–water partition coefficient (Wildman–Crippen LogP) is 2.59. The number of amides is 2. The first-order valence-electron chi connectivity index (χ1n) is 6.96. The lowest BCUT2D eigenvalue weighted by atomic mass is 10.1. The molecule has 2 amide bonds. The maximum Gasteiger partial charge on any atom is 0.315 e. The molecule has 2 heterocycles. The molecule has 0 bridgehead atoms. The molecule has 114 valence electrons. The summed E-state index contributed by atoms with van der Waals surface area (Å²) in [4.78, 5) is 20.3. The molecule has 7 heteroatoms. The number of hydrogen-bond acceptors (Lipinski definition) is 4. The van der Waals surface area contributed by atoms with Crippen molar-refractivity contribution >= 4 is 27.6 Å². The van der Waals surface area contributed by atoms with Gasteiger partial charge in [-0.2, -0.15) is 0 Å². The fourth-order valence-corrected chi connectivity index (χ4v) is 2.92. The summed E-state index contributed by atoms with van der Waals surface area (Å²) in [6.45, 7) is 2.41. The van der Waals surface area contributed by atoms with Gasteiger partial charge in [-0.3, -0.25) is 0 Å². The molecule has 2 N–H and O–H groups in total. The molecule has 2 aromatic heterocycles. The summed E-state index contributed by atoms with van der Waals surface area (Å²) in [6, 6.07) is 5.77. The van der Waals surface area contributed by atoms with Crippen LogP contribution in [-0.2, 0) is 13.6 Å². The Labute approximate surface area is 132 Å². The molecule has 0 saturated heterocycles. The lowest BCUT2D eigenvalue weighted by Gasteiger charge is -2.15. The van der Waals surface area contributed by atoms with E-state index >= 15 is 0 Å². The van der Waals surface area contributed by atoms with Crippen LogP contribution < -0.4 is 10.6 Å². The second-order valence-electron chi connectivity index (χ2n) is 5.12. The molecule has 1 aromatic carbocycles. The lowest BCUT2D eigenvalue weighted by Crippen LogP contribution is -2.36. The Bertz CT molecular complexity index is 794. The summed E-state index contributed by atoms with van der Waals surface area (Å²) in [6.07, 6.45) is 3.45. The summed E-state index contributed by atoms with van der Waals surface area (Å²) < 4.78 is 3.00. The zero-order valence-electron chi connectivity index (χ0n) is 12.4. The molecule has 0 radical (unpaired) electrons. The Balaban J connectivity index is 1.59. The highest BCUT2D eigenvalue weighted by Crippen LogP contribution is 2.22. The van der Waals surface area contributed by atoms with Crippen LogP contribution in [0.2, 0.25) is 0 Å². The highest BCUT2D eigenvalue weighted by Gasteiger charge is 2.11. The van der Waals surface area contributed by atoms with Crippen molar-refractivity contribution < 1.29 is 4.79 Å². The van der Waals surface area contributed by atoms with Crippen molar-refractivity contribution in [2.75, 3.05) is 0 Å². The normalized spacial score (nSPS) is 12.3. The molecule has 0 fully saturated rings. The van der Waals surface area contributed by atoms with Gasteiger partial charge in [0.25, 0.3) is 0 Å². The number of nitrogens with one attached hydrogen (secondary N) is 2. The monoisotopic (exact) mass is 315 g/mol. The van der Waals surface area contributed by atoms with Crippen LogP contribution in [0.25, 0.3) is 10.2 Å². The molecule has 0 aliphatic heterocycles. The average molecular weight is 315 g/mol.